The van der Waals surface area contributed by atoms with Gasteiger partial charge in [0, 0.05) is 18.6 Å². The van der Waals surface area contributed by atoms with Gasteiger partial charge in [0.15, 0.2) is 0 Å². The minimum Gasteiger partial charge on any atom is -0.371 e. The van der Waals surface area contributed by atoms with Crippen LogP contribution in [0.4, 0.5) is 0 Å². The van der Waals surface area contributed by atoms with Gasteiger partial charge in [-0.3, -0.25) is 0 Å². The molecule has 0 saturated heterocycles. The van der Waals surface area contributed by atoms with Gasteiger partial charge in [0.1, 0.15) is 5.01 Å². The van der Waals surface area contributed by atoms with Crippen LogP contribution < -0.4 is 5.48 Å². The SMILES string of the molecule is CNOC(=O)Cc1nccs1. The number of hydrogen-bond acceptors (Lipinski definition) is 5. The fourth-order valence-corrected chi connectivity index (χ4v) is 1.22. The molecule has 0 unspecified atom stereocenters. The average molecular weight is 172 g/mol. The molecule has 11 heavy (non-hydrogen) atoms. The van der Waals surface area contributed by atoms with Crippen molar-refractivity contribution in [3.8, 4) is 0 Å². The first-order chi connectivity index (χ1) is 5.33. The van der Waals surface area contributed by atoms with Crippen LogP contribution in [0, 0.1) is 0 Å². The van der Waals surface area contributed by atoms with E-state index in [0.29, 0.717) is 0 Å². The van der Waals surface area contributed by atoms with Crippen LogP contribution in [-0.4, -0.2) is 18.0 Å². The topological polar surface area (TPSA) is 51.2 Å². The van der Waals surface area contributed by atoms with Crippen LogP contribution in [0.15, 0.2) is 11.6 Å². The van der Waals surface area contributed by atoms with Crippen LogP contribution in [0.2, 0.25) is 0 Å². The average Bonchev–Trinajstić information content (AvgIpc) is 2.40. The monoisotopic (exact) mass is 172 g/mol. The highest BCUT2D eigenvalue weighted by atomic mass is 32.1. The molecule has 0 aliphatic rings. The van der Waals surface area contributed by atoms with Crippen molar-refractivity contribution in [3.05, 3.63) is 16.6 Å². The van der Waals surface area contributed by atoms with Crippen molar-refractivity contribution in [1.82, 2.24) is 10.5 Å². The molecule has 4 nitrogen and oxygen atoms in total. The largest absolute Gasteiger partial charge is 0.371 e. The maximum Gasteiger partial charge on any atom is 0.331 e. The Hall–Kier alpha value is -0.940. The summed E-state index contributed by atoms with van der Waals surface area (Å²) in [5.74, 6) is -0.317. The molecular formula is C6H8N2O2S. The normalized spacial score (nSPS) is 9.55. The van der Waals surface area contributed by atoms with Crippen LogP contribution in [0.5, 0.6) is 0 Å². The Morgan fingerprint density at radius 2 is 2.73 bits per heavy atom. The molecule has 1 aromatic rings. The molecule has 0 saturated carbocycles. The number of hydroxylamine groups is 1. The molecule has 0 spiro atoms. The standard InChI is InChI=1S/C6H8N2O2S/c1-7-10-6(9)4-5-8-2-3-11-5/h2-3,7H,4H2,1H3. The zero-order valence-corrected chi connectivity index (χ0v) is 6.85. The predicted octanol–water partition coefficient (Wildman–Crippen LogP) is 0.363. The van der Waals surface area contributed by atoms with E-state index in [1.807, 2.05) is 5.38 Å². The summed E-state index contributed by atoms with van der Waals surface area (Å²) in [6.07, 6.45) is 1.89. The van der Waals surface area contributed by atoms with Crippen molar-refractivity contribution in [2.24, 2.45) is 0 Å². The van der Waals surface area contributed by atoms with E-state index >= 15 is 0 Å². The van der Waals surface area contributed by atoms with Gasteiger partial charge in [-0.25, -0.2) is 9.78 Å². The fraction of sp³-hybridized carbons (Fsp3) is 0.333. The lowest BCUT2D eigenvalue weighted by Gasteiger charge is -1.97. The Labute approximate surface area is 68.2 Å². The number of nitrogens with one attached hydrogen (secondary N) is 1. The van der Waals surface area contributed by atoms with Gasteiger partial charge in [-0.2, -0.15) is 5.48 Å². The lowest BCUT2D eigenvalue weighted by Crippen LogP contribution is -2.16. The Morgan fingerprint density at radius 3 is 3.27 bits per heavy atom. The Kier molecular flexibility index (Phi) is 3.00. The first-order valence-electron chi connectivity index (χ1n) is 3.07. The lowest BCUT2D eigenvalue weighted by molar-refractivity contribution is -0.149. The second-order valence-corrected chi connectivity index (χ2v) is 2.76. The molecular weight excluding hydrogens is 164 g/mol. The Balaban J connectivity index is 2.37. The van der Waals surface area contributed by atoms with Crippen LogP contribution in [0.3, 0.4) is 0 Å². The Bertz CT molecular complexity index is 222. The zero-order chi connectivity index (χ0) is 8.10. The second-order valence-electron chi connectivity index (χ2n) is 1.78. The number of rotatable bonds is 3. The molecule has 1 N–H and O–H groups in total. The zero-order valence-electron chi connectivity index (χ0n) is 6.03. The number of thiazole rings is 1. The van der Waals surface area contributed by atoms with Crippen LogP contribution >= 0.6 is 11.3 Å². The number of nitrogens with zero attached hydrogens (tertiary/aromatic N) is 1. The van der Waals surface area contributed by atoms with Gasteiger partial charge in [-0.1, -0.05) is 0 Å². The van der Waals surface area contributed by atoms with Crippen molar-refractivity contribution < 1.29 is 9.63 Å². The highest BCUT2D eigenvalue weighted by Gasteiger charge is 2.05. The minimum atomic E-state index is -0.317. The molecule has 1 rings (SSSR count). The third kappa shape index (κ3) is 2.65. The molecule has 0 fully saturated rings. The van der Waals surface area contributed by atoms with Gasteiger partial charge in [-0.05, 0) is 0 Å². The number of hydrogen-bond donors (Lipinski definition) is 1. The molecule has 0 radical (unpaired) electrons. The van der Waals surface area contributed by atoms with E-state index in [1.165, 1.54) is 11.3 Å². The van der Waals surface area contributed by atoms with Crippen molar-refractivity contribution in [2.75, 3.05) is 7.05 Å². The summed E-state index contributed by atoms with van der Waals surface area (Å²) in [5.41, 5.74) is 2.31. The molecule has 1 aromatic heterocycles. The lowest BCUT2D eigenvalue weighted by atomic mass is 10.5. The van der Waals surface area contributed by atoms with Crippen LogP contribution in [-0.2, 0) is 16.1 Å². The smallest absolute Gasteiger partial charge is 0.331 e. The Morgan fingerprint density at radius 1 is 1.91 bits per heavy atom. The van der Waals surface area contributed by atoms with E-state index in [0.717, 1.165) is 5.01 Å². The molecule has 0 aliphatic heterocycles. The third-order valence-electron chi connectivity index (χ3n) is 0.995. The van der Waals surface area contributed by atoms with Gasteiger partial charge in [0.05, 0.1) is 6.42 Å². The maximum absolute atomic E-state index is 10.8. The first-order valence-corrected chi connectivity index (χ1v) is 3.95. The summed E-state index contributed by atoms with van der Waals surface area (Å²) >= 11 is 1.44. The summed E-state index contributed by atoms with van der Waals surface area (Å²) in [7, 11) is 1.54. The van der Waals surface area contributed by atoms with E-state index in [1.54, 1.807) is 13.2 Å². The second kappa shape index (κ2) is 4.05. The van der Waals surface area contributed by atoms with Gasteiger partial charge >= 0.3 is 5.97 Å². The van der Waals surface area contributed by atoms with Crippen molar-refractivity contribution in [3.63, 3.8) is 0 Å². The maximum atomic E-state index is 10.8. The number of aromatic nitrogens is 1. The van der Waals surface area contributed by atoms with Crippen molar-refractivity contribution in [1.29, 1.82) is 0 Å². The summed E-state index contributed by atoms with van der Waals surface area (Å²) in [6.45, 7) is 0. The minimum absolute atomic E-state index is 0.235. The summed E-state index contributed by atoms with van der Waals surface area (Å²) in [6, 6.07) is 0. The van der Waals surface area contributed by atoms with E-state index in [-0.39, 0.29) is 12.4 Å². The van der Waals surface area contributed by atoms with Crippen LogP contribution in [0.1, 0.15) is 5.01 Å². The molecule has 60 valence electrons. The van der Waals surface area contributed by atoms with Gasteiger partial charge in [0.25, 0.3) is 0 Å². The molecule has 1 heterocycles. The summed E-state index contributed by atoms with van der Waals surface area (Å²) in [5, 5.41) is 2.59. The highest BCUT2D eigenvalue weighted by Crippen LogP contribution is 2.04. The van der Waals surface area contributed by atoms with Gasteiger partial charge < -0.3 is 4.84 Å². The summed E-state index contributed by atoms with van der Waals surface area (Å²) < 4.78 is 0. The van der Waals surface area contributed by atoms with Crippen molar-refractivity contribution >= 4 is 17.3 Å². The van der Waals surface area contributed by atoms with Crippen LogP contribution in [0.25, 0.3) is 0 Å². The van der Waals surface area contributed by atoms with E-state index in [4.69, 9.17) is 0 Å². The molecule has 5 heteroatoms. The quantitative estimate of drug-likeness (QED) is 0.669. The molecule has 0 bridgehead atoms. The van der Waals surface area contributed by atoms with Crippen molar-refractivity contribution in [2.45, 2.75) is 6.42 Å². The van der Waals surface area contributed by atoms with Gasteiger partial charge in [-0.15, -0.1) is 11.3 Å². The third-order valence-corrected chi connectivity index (χ3v) is 1.77. The molecule has 0 aromatic carbocycles. The molecule has 0 atom stereocenters. The first kappa shape index (κ1) is 8.16. The molecule has 0 aliphatic carbocycles. The van der Waals surface area contributed by atoms with E-state index in [2.05, 4.69) is 15.3 Å². The van der Waals surface area contributed by atoms with E-state index in [9.17, 15) is 4.79 Å². The van der Waals surface area contributed by atoms with E-state index < -0.39 is 0 Å². The molecule has 0 amide bonds. The number of carbonyl (C=O) groups is 1. The predicted molar refractivity (Wildman–Crippen MR) is 41.0 cm³/mol. The summed E-state index contributed by atoms with van der Waals surface area (Å²) in [4.78, 5) is 19.2. The highest BCUT2D eigenvalue weighted by molar-refractivity contribution is 7.09. The van der Waals surface area contributed by atoms with Gasteiger partial charge in [0.2, 0.25) is 0 Å². The fourth-order valence-electron chi connectivity index (χ4n) is 0.614. The number of carbonyl (C=O) groups excluding carboxylic acids is 1.